The van der Waals surface area contributed by atoms with Gasteiger partial charge in [0.1, 0.15) is 34.7 Å². The third-order valence-electron chi connectivity index (χ3n) is 6.95. The Bertz CT molecular complexity index is 1690. The molecule has 1 aliphatic heterocycles. The molecule has 0 amide bonds. The zero-order valence-corrected chi connectivity index (χ0v) is 20.4. The average Bonchev–Trinajstić information content (AvgIpc) is 3.33. The summed E-state index contributed by atoms with van der Waals surface area (Å²) in [5.41, 5.74) is 1.16. The lowest BCUT2D eigenvalue weighted by Crippen LogP contribution is -2.44. The molecule has 0 radical (unpaired) electrons. The first kappa shape index (κ1) is 23.2. The van der Waals surface area contributed by atoms with E-state index < -0.39 is 23.1 Å². The molecule has 0 saturated carbocycles. The van der Waals surface area contributed by atoms with Crippen LogP contribution in [0.15, 0.2) is 64.3 Å². The first-order chi connectivity index (χ1) is 17.9. The Morgan fingerprint density at radius 1 is 1.00 bits per heavy atom. The van der Waals surface area contributed by atoms with Crippen LogP contribution >= 0.6 is 0 Å². The molecule has 188 valence electrons. The van der Waals surface area contributed by atoms with Crippen molar-refractivity contribution in [2.45, 2.75) is 13.0 Å². The molecule has 0 spiro atoms. The summed E-state index contributed by atoms with van der Waals surface area (Å²) in [4.78, 5) is 31.7. The summed E-state index contributed by atoms with van der Waals surface area (Å²) in [7, 11) is 2.09. The Kier molecular flexibility index (Phi) is 5.68. The number of fused-ring (bicyclic) bond motifs is 2. The molecule has 1 aliphatic rings. The highest BCUT2D eigenvalue weighted by Gasteiger charge is 2.27. The smallest absolute Gasteiger partial charge is 0.203 e. The Balaban J connectivity index is 1.53. The van der Waals surface area contributed by atoms with Crippen LogP contribution in [-0.4, -0.2) is 57.6 Å². The van der Waals surface area contributed by atoms with Crippen LogP contribution in [0.3, 0.4) is 0 Å². The van der Waals surface area contributed by atoms with Gasteiger partial charge in [0.25, 0.3) is 0 Å². The minimum Gasteiger partial charge on any atom is -0.458 e. The van der Waals surface area contributed by atoms with Gasteiger partial charge in [0.2, 0.25) is 5.43 Å². The number of imidazole rings is 1. The van der Waals surface area contributed by atoms with E-state index in [0.29, 0.717) is 16.7 Å². The number of hydrogen-bond donors (Lipinski definition) is 0. The van der Waals surface area contributed by atoms with Crippen LogP contribution in [0.2, 0.25) is 0 Å². The fourth-order valence-electron chi connectivity index (χ4n) is 4.93. The van der Waals surface area contributed by atoms with E-state index in [0.717, 1.165) is 32.0 Å². The minimum atomic E-state index is -0.694. The lowest BCUT2D eigenvalue weighted by molar-refractivity contribution is 0.312. The quantitative estimate of drug-likeness (QED) is 0.364. The maximum Gasteiger partial charge on any atom is 0.203 e. The van der Waals surface area contributed by atoms with Gasteiger partial charge in [0, 0.05) is 26.2 Å². The fourth-order valence-corrected chi connectivity index (χ4v) is 4.93. The lowest BCUT2D eigenvalue weighted by atomic mass is 9.99. The first-order valence-electron chi connectivity index (χ1n) is 12.0. The molecule has 3 aromatic heterocycles. The maximum absolute atomic E-state index is 14.7. The first-order valence-corrected chi connectivity index (χ1v) is 12.0. The minimum absolute atomic E-state index is 0.0970. The molecule has 8 nitrogen and oxygen atoms in total. The Hall–Kier alpha value is -4.18. The number of benzene rings is 2. The van der Waals surface area contributed by atoms with Crippen molar-refractivity contribution in [2.24, 2.45) is 0 Å². The van der Waals surface area contributed by atoms with Gasteiger partial charge in [-0.3, -0.25) is 4.79 Å². The van der Waals surface area contributed by atoms with Crippen LogP contribution in [0.5, 0.6) is 0 Å². The number of nitrogens with zero attached hydrogens (tertiary/aromatic N) is 6. The van der Waals surface area contributed by atoms with E-state index in [1.807, 2.05) is 6.92 Å². The van der Waals surface area contributed by atoms with Gasteiger partial charge in [-0.1, -0.05) is 18.2 Å². The predicted molar refractivity (Wildman–Crippen MR) is 137 cm³/mol. The maximum atomic E-state index is 14.7. The molecule has 10 heteroatoms. The van der Waals surface area contributed by atoms with Crippen LogP contribution < -0.4 is 10.3 Å². The molecule has 4 heterocycles. The van der Waals surface area contributed by atoms with Gasteiger partial charge in [-0.05, 0) is 43.8 Å². The normalized spacial score (nSPS) is 15.5. The third-order valence-corrected chi connectivity index (χ3v) is 6.95. The number of halogens is 2. The Morgan fingerprint density at radius 3 is 2.57 bits per heavy atom. The zero-order chi connectivity index (χ0) is 25.7. The van der Waals surface area contributed by atoms with Gasteiger partial charge in [-0.2, -0.15) is 0 Å². The molecule has 0 bridgehead atoms. The molecule has 1 saturated heterocycles. The largest absolute Gasteiger partial charge is 0.458 e. The highest BCUT2D eigenvalue weighted by Crippen LogP contribution is 2.34. The van der Waals surface area contributed by atoms with Crippen molar-refractivity contribution >= 4 is 28.0 Å². The SMILES string of the molecule is CC(c1oc2cccc(F)c2c(=O)c1-c1cccc(F)c1)n1cnc2c(N3CCN(C)CC3)ncnc21. The Morgan fingerprint density at radius 2 is 1.78 bits per heavy atom. The van der Waals surface area contributed by atoms with Crippen molar-refractivity contribution in [1.82, 2.24) is 24.4 Å². The highest BCUT2D eigenvalue weighted by molar-refractivity contribution is 5.85. The second kappa shape index (κ2) is 9.04. The molecule has 0 aliphatic carbocycles. The van der Waals surface area contributed by atoms with E-state index in [1.54, 1.807) is 23.0 Å². The van der Waals surface area contributed by atoms with Crippen molar-refractivity contribution in [3.8, 4) is 11.1 Å². The summed E-state index contributed by atoms with van der Waals surface area (Å²) in [5.74, 6) is -0.202. The van der Waals surface area contributed by atoms with Crippen LogP contribution in [0.1, 0.15) is 18.7 Å². The van der Waals surface area contributed by atoms with Crippen LogP contribution in [0, 0.1) is 11.6 Å². The molecule has 1 fully saturated rings. The van der Waals surface area contributed by atoms with E-state index >= 15 is 0 Å². The van der Waals surface area contributed by atoms with E-state index in [4.69, 9.17) is 4.42 Å². The van der Waals surface area contributed by atoms with Gasteiger partial charge in [0.15, 0.2) is 17.0 Å². The number of hydrogen-bond acceptors (Lipinski definition) is 7. The molecule has 1 unspecified atom stereocenters. The predicted octanol–water partition coefficient (Wildman–Crippen LogP) is 4.24. The molecule has 1 atom stereocenters. The van der Waals surface area contributed by atoms with Crippen LogP contribution in [-0.2, 0) is 0 Å². The summed E-state index contributed by atoms with van der Waals surface area (Å²) < 4.78 is 36.9. The summed E-state index contributed by atoms with van der Waals surface area (Å²) in [6.45, 7) is 5.31. The van der Waals surface area contributed by atoms with Gasteiger partial charge in [0.05, 0.1) is 17.9 Å². The number of anilines is 1. The molecule has 37 heavy (non-hydrogen) atoms. The zero-order valence-electron chi connectivity index (χ0n) is 20.4. The number of piperazine rings is 1. The van der Waals surface area contributed by atoms with Gasteiger partial charge in [-0.25, -0.2) is 23.7 Å². The van der Waals surface area contributed by atoms with Crippen LogP contribution in [0.25, 0.3) is 33.3 Å². The third kappa shape index (κ3) is 3.93. The standard InChI is InChI=1S/C27H24F2N6O2/c1-16(35-15-32-23-26(30-14-31-27(23)35)34-11-9-33(2)10-12-34)25-21(17-5-3-6-18(28)13-17)24(36)22-19(29)7-4-8-20(22)37-25/h3-8,13-16H,9-12H2,1-2H3. The second-order valence-electron chi connectivity index (χ2n) is 9.28. The molecule has 2 aromatic carbocycles. The van der Waals surface area contributed by atoms with Crippen LogP contribution in [0.4, 0.5) is 14.6 Å². The molecule has 6 rings (SSSR count). The molecular weight excluding hydrogens is 478 g/mol. The van der Waals surface area contributed by atoms with Crippen molar-refractivity contribution in [3.63, 3.8) is 0 Å². The monoisotopic (exact) mass is 502 g/mol. The van der Waals surface area contributed by atoms with Gasteiger partial charge >= 0.3 is 0 Å². The average molecular weight is 503 g/mol. The van der Waals surface area contributed by atoms with Crippen molar-refractivity contribution in [1.29, 1.82) is 0 Å². The number of likely N-dealkylation sites (N-methyl/N-ethyl adjacent to an activating group) is 1. The summed E-state index contributed by atoms with van der Waals surface area (Å²) >= 11 is 0. The van der Waals surface area contributed by atoms with E-state index in [2.05, 4.69) is 31.8 Å². The fraction of sp³-hybridized carbons (Fsp3) is 0.259. The Labute approximate surface area is 210 Å². The topological polar surface area (TPSA) is 80.3 Å². The van der Waals surface area contributed by atoms with Crippen molar-refractivity contribution in [3.05, 3.63) is 82.7 Å². The van der Waals surface area contributed by atoms with Crippen molar-refractivity contribution < 1.29 is 13.2 Å². The number of aromatic nitrogens is 4. The molecule has 5 aromatic rings. The highest BCUT2D eigenvalue weighted by atomic mass is 19.1. The molecular formula is C27H24F2N6O2. The summed E-state index contributed by atoms with van der Waals surface area (Å²) in [6, 6.07) is 9.32. The summed E-state index contributed by atoms with van der Waals surface area (Å²) in [5, 5.41) is -0.173. The van der Waals surface area contributed by atoms with Gasteiger partial charge < -0.3 is 18.8 Å². The van der Waals surface area contributed by atoms with E-state index in [1.165, 1.54) is 36.7 Å². The number of rotatable bonds is 4. The van der Waals surface area contributed by atoms with E-state index in [9.17, 15) is 13.6 Å². The molecule has 0 N–H and O–H groups in total. The van der Waals surface area contributed by atoms with Crippen molar-refractivity contribution in [2.75, 3.05) is 38.1 Å². The summed E-state index contributed by atoms with van der Waals surface area (Å²) in [6.07, 6.45) is 3.13. The van der Waals surface area contributed by atoms with E-state index in [-0.39, 0.29) is 22.3 Å². The van der Waals surface area contributed by atoms with Gasteiger partial charge in [-0.15, -0.1) is 0 Å². The second-order valence-corrected chi connectivity index (χ2v) is 9.28. The lowest BCUT2D eigenvalue weighted by Gasteiger charge is -2.33.